The number of hydrogen-bond acceptors (Lipinski definition) is 3. The molecule has 1 N–H and O–H groups in total. The van der Waals surface area contributed by atoms with Crippen LogP contribution in [-0.2, 0) is 14.8 Å². The van der Waals surface area contributed by atoms with Crippen molar-refractivity contribution < 1.29 is 26.4 Å². The lowest BCUT2D eigenvalue weighted by atomic mass is 9.99. The highest BCUT2D eigenvalue weighted by Gasteiger charge is 2.35. The van der Waals surface area contributed by atoms with Gasteiger partial charge in [0.25, 0.3) is 0 Å². The van der Waals surface area contributed by atoms with Gasteiger partial charge in [-0.15, -0.1) is 0 Å². The summed E-state index contributed by atoms with van der Waals surface area (Å²) < 4.78 is 63.6. The molecule has 1 aliphatic heterocycles. The summed E-state index contributed by atoms with van der Waals surface area (Å²) in [5.41, 5.74) is 0. The second-order valence-corrected chi connectivity index (χ2v) is 8.34. The van der Waals surface area contributed by atoms with Crippen LogP contribution in [-0.4, -0.2) is 44.4 Å². The first-order valence-corrected chi connectivity index (χ1v) is 9.43. The maximum absolute atomic E-state index is 12.6. The summed E-state index contributed by atoms with van der Waals surface area (Å²) in [5, 5.41) is 1.82. The number of hydrogen-bond donors (Lipinski definition) is 1. The first-order valence-electron chi connectivity index (χ1n) is 7.20. The Bertz CT molecular complexity index is 692. The topological polar surface area (TPSA) is 66.5 Å². The van der Waals surface area contributed by atoms with Gasteiger partial charge in [0, 0.05) is 17.6 Å². The molecule has 0 radical (unpaired) electrons. The van der Waals surface area contributed by atoms with Crippen LogP contribution in [0.4, 0.5) is 13.2 Å². The smallest absolute Gasteiger partial charge is 0.347 e. The van der Waals surface area contributed by atoms with E-state index in [9.17, 15) is 26.4 Å². The molecule has 1 aliphatic rings. The van der Waals surface area contributed by atoms with E-state index in [4.69, 9.17) is 0 Å². The van der Waals surface area contributed by atoms with Crippen LogP contribution in [0.15, 0.2) is 33.6 Å². The molecule has 0 saturated carbocycles. The molecule has 1 aromatic carbocycles. The van der Waals surface area contributed by atoms with Gasteiger partial charge >= 0.3 is 6.18 Å². The molecular formula is C14H16BrF3N2O3S. The normalized spacial score (nSPS) is 19.9. The SMILES string of the molecule is O=C(NCC(F)(F)F)C1CCCN(S(=O)(=O)c2ccc(Br)cc2)C1. The summed E-state index contributed by atoms with van der Waals surface area (Å²) in [5.74, 6) is -1.56. The Morgan fingerprint density at radius 2 is 1.92 bits per heavy atom. The fraction of sp³-hybridized carbons (Fsp3) is 0.500. The van der Waals surface area contributed by atoms with E-state index in [2.05, 4.69) is 15.9 Å². The molecule has 1 fully saturated rings. The van der Waals surface area contributed by atoms with Crippen molar-refractivity contribution in [3.63, 3.8) is 0 Å². The molecule has 1 unspecified atom stereocenters. The van der Waals surface area contributed by atoms with Crippen LogP contribution < -0.4 is 5.32 Å². The third-order valence-electron chi connectivity index (χ3n) is 3.67. The van der Waals surface area contributed by atoms with Gasteiger partial charge in [-0.2, -0.15) is 17.5 Å². The van der Waals surface area contributed by atoms with Gasteiger partial charge in [0.15, 0.2) is 0 Å². The van der Waals surface area contributed by atoms with Crippen LogP contribution in [0, 0.1) is 5.92 Å². The highest BCUT2D eigenvalue weighted by molar-refractivity contribution is 9.10. The van der Waals surface area contributed by atoms with Crippen molar-refractivity contribution in [3.05, 3.63) is 28.7 Å². The minimum absolute atomic E-state index is 0.0852. The molecule has 1 amide bonds. The van der Waals surface area contributed by atoms with Crippen LogP contribution in [0.1, 0.15) is 12.8 Å². The zero-order valence-corrected chi connectivity index (χ0v) is 14.9. The predicted molar refractivity (Wildman–Crippen MR) is 84.7 cm³/mol. The van der Waals surface area contributed by atoms with Gasteiger partial charge in [-0.25, -0.2) is 8.42 Å². The number of piperidine rings is 1. The average molecular weight is 429 g/mol. The maximum Gasteiger partial charge on any atom is 0.405 e. The Labute approximate surface area is 146 Å². The van der Waals surface area contributed by atoms with E-state index in [0.29, 0.717) is 12.8 Å². The molecular weight excluding hydrogens is 413 g/mol. The van der Waals surface area contributed by atoms with Crippen LogP contribution in [0.2, 0.25) is 0 Å². The van der Waals surface area contributed by atoms with E-state index in [1.807, 2.05) is 5.32 Å². The molecule has 1 saturated heterocycles. The quantitative estimate of drug-likeness (QED) is 0.800. The summed E-state index contributed by atoms with van der Waals surface area (Å²) in [6, 6.07) is 6.05. The van der Waals surface area contributed by atoms with Gasteiger partial charge in [-0.3, -0.25) is 4.79 Å². The zero-order chi connectivity index (χ0) is 18.0. The average Bonchev–Trinajstić information content (AvgIpc) is 2.52. The van der Waals surface area contributed by atoms with E-state index in [0.717, 1.165) is 8.78 Å². The fourth-order valence-corrected chi connectivity index (χ4v) is 4.25. The minimum Gasteiger partial charge on any atom is -0.347 e. The highest BCUT2D eigenvalue weighted by Crippen LogP contribution is 2.25. The summed E-state index contributed by atoms with van der Waals surface area (Å²) in [7, 11) is -3.78. The van der Waals surface area contributed by atoms with Gasteiger partial charge in [-0.1, -0.05) is 15.9 Å². The lowest BCUT2D eigenvalue weighted by Gasteiger charge is -2.31. The maximum atomic E-state index is 12.6. The van der Waals surface area contributed by atoms with Crippen molar-refractivity contribution >= 4 is 31.9 Å². The number of amides is 1. The number of nitrogens with zero attached hydrogens (tertiary/aromatic N) is 1. The molecule has 2 rings (SSSR count). The molecule has 1 aromatic rings. The Balaban J connectivity index is 2.07. The van der Waals surface area contributed by atoms with Crippen molar-refractivity contribution in [1.82, 2.24) is 9.62 Å². The van der Waals surface area contributed by atoms with Gasteiger partial charge in [-0.05, 0) is 37.1 Å². The third-order valence-corrected chi connectivity index (χ3v) is 6.08. The van der Waals surface area contributed by atoms with Crippen LogP contribution in [0.5, 0.6) is 0 Å². The third kappa shape index (κ3) is 4.93. The molecule has 1 heterocycles. The summed E-state index contributed by atoms with van der Waals surface area (Å²) in [4.78, 5) is 11.9. The summed E-state index contributed by atoms with van der Waals surface area (Å²) in [6.07, 6.45) is -3.72. The van der Waals surface area contributed by atoms with Crippen molar-refractivity contribution in [2.75, 3.05) is 19.6 Å². The molecule has 134 valence electrons. The number of nitrogens with one attached hydrogen (secondary N) is 1. The standard InChI is InChI=1S/C14H16BrF3N2O3S/c15-11-3-5-12(6-4-11)24(22,23)20-7-1-2-10(8-20)13(21)19-9-14(16,17)18/h3-6,10H,1-2,7-9H2,(H,19,21). The molecule has 0 spiro atoms. The highest BCUT2D eigenvalue weighted by atomic mass is 79.9. The second-order valence-electron chi connectivity index (χ2n) is 5.49. The first-order chi connectivity index (χ1) is 11.1. The summed E-state index contributed by atoms with van der Waals surface area (Å²) >= 11 is 3.22. The van der Waals surface area contributed by atoms with Crippen molar-refractivity contribution in [1.29, 1.82) is 0 Å². The van der Waals surface area contributed by atoms with Gasteiger partial charge in [0.2, 0.25) is 15.9 Å². The van der Waals surface area contributed by atoms with Crippen molar-refractivity contribution in [2.45, 2.75) is 23.9 Å². The molecule has 5 nitrogen and oxygen atoms in total. The molecule has 0 aliphatic carbocycles. The molecule has 0 aromatic heterocycles. The van der Waals surface area contributed by atoms with Crippen LogP contribution in [0.3, 0.4) is 0 Å². The second kappa shape index (κ2) is 7.40. The lowest BCUT2D eigenvalue weighted by molar-refractivity contribution is -0.141. The van der Waals surface area contributed by atoms with Gasteiger partial charge in [0.1, 0.15) is 6.54 Å². The molecule has 24 heavy (non-hydrogen) atoms. The molecule has 10 heteroatoms. The Morgan fingerprint density at radius 1 is 1.29 bits per heavy atom. The number of alkyl halides is 3. The fourth-order valence-electron chi connectivity index (χ4n) is 2.46. The zero-order valence-electron chi connectivity index (χ0n) is 12.5. The largest absolute Gasteiger partial charge is 0.405 e. The van der Waals surface area contributed by atoms with E-state index < -0.39 is 34.6 Å². The predicted octanol–water partition coefficient (Wildman–Crippen LogP) is 2.53. The number of halogens is 4. The lowest BCUT2D eigenvalue weighted by Crippen LogP contribution is -2.46. The van der Waals surface area contributed by atoms with Crippen LogP contribution in [0.25, 0.3) is 0 Å². The Hall–Kier alpha value is -1.13. The van der Waals surface area contributed by atoms with E-state index in [1.165, 1.54) is 12.1 Å². The van der Waals surface area contributed by atoms with Gasteiger partial charge in [0.05, 0.1) is 10.8 Å². The monoisotopic (exact) mass is 428 g/mol. The summed E-state index contributed by atoms with van der Waals surface area (Å²) in [6.45, 7) is -1.30. The van der Waals surface area contributed by atoms with E-state index in [-0.39, 0.29) is 18.0 Å². The van der Waals surface area contributed by atoms with E-state index >= 15 is 0 Å². The molecule has 0 bridgehead atoms. The molecule has 1 atom stereocenters. The number of carbonyl (C=O) groups is 1. The van der Waals surface area contributed by atoms with Crippen molar-refractivity contribution in [3.8, 4) is 0 Å². The van der Waals surface area contributed by atoms with E-state index in [1.54, 1.807) is 12.1 Å². The van der Waals surface area contributed by atoms with Crippen molar-refractivity contribution in [2.24, 2.45) is 5.92 Å². The minimum atomic E-state index is -4.49. The van der Waals surface area contributed by atoms with Gasteiger partial charge < -0.3 is 5.32 Å². The first kappa shape index (κ1) is 19.2. The number of rotatable bonds is 4. The van der Waals surface area contributed by atoms with Crippen LogP contribution >= 0.6 is 15.9 Å². The Kier molecular flexibility index (Phi) is 5.92. The number of sulfonamides is 1. The number of carbonyl (C=O) groups excluding carboxylic acids is 1. The number of benzene rings is 1. The Morgan fingerprint density at radius 3 is 2.50 bits per heavy atom.